The van der Waals surface area contributed by atoms with Gasteiger partial charge in [0.2, 0.25) is 17.7 Å². The van der Waals surface area contributed by atoms with Crippen molar-refractivity contribution in [2.24, 2.45) is 5.92 Å². The van der Waals surface area contributed by atoms with Crippen molar-refractivity contribution >= 4 is 46.4 Å². The maximum absolute atomic E-state index is 12.6. The van der Waals surface area contributed by atoms with E-state index >= 15 is 0 Å². The van der Waals surface area contributed by atoms with Crippen molar-refractivity contribution in [2.75, 3.05) is 22.1 Å². The molecule has 3 rings (SSSR count). The number of amides is 3. The fourth-order valence-electron chi connectivity index (χ4n) is 3.09. The van der Waals surface area contributed by atoms with E-state index in [2.05, 4.69) is 10.6 Å². The van der Waals surface area contributed by atoms with Crippen molar-refractivity contribution in [3.8, 4) is 0 Å². The molecule has 3 amide bonds. The number of anilines is 3. The molecular formula is C20H20ClN3O3. The zero-order valence-corrected chi connectivity index (χ0v) is 15.8. The van der Waals surface area contributed by atoms with Gasteiger partial charge >= 0.3 is 0 Å². The molecule has 1 saturated heterocycles. The van der Waals surface area contributed by atoms with Crippen LogP contribution in [-0.2, 0) is 14.4 Å². The number of nitrogens with zero attached hydrogens (tertiary/aromatic N) is 1. The first-order valence-electron chi connectivity index (χ1n) is 8.59. The van der Waals surface area contributed by atoms with Gasteiger partial charge in [0.25, 0.3) is 0 Å². The first kappa shape index (κ1) is 18.9. The number of carbonyl (C=O) groups is 3. The molecule has 2 aromatic carbocycles. The van der Waals surface area contributed by atoms with Gasteiger partial charge in [-0.15, -0.1) is 0 Å². The standard InChI is InChI=1S/C20H20ClN3O3/c1-12-17(21)4-3-5-18(12)24-11-14(10-19(24)26)20(27)23-16-8-6-15(7-9-16)22-13(2)25/h3-9,14H,10-11H2,1-2H3,(H,22,25)(H,23,27)/t14-/m0/s1. The topological polar surface area (TPSA) is 78.5 Å². The molecule has 0 bridgehead atoms. The molecule has 6 nitrogen and oxygen atoms in total. The van der Waals surface area contributed by atoms with Crippen LogP contribution in [0.4, 0.5) is 17.1 Å². The number of carbonyl (C=O) groups excluding carboxylic acids is 3. The van der Waals surface area contributed by atoms with Crippen LogP contribution in [-0.4, -0.2) is 24.3 Å². The van der Waals surface area contributed by atoms with Crippen LogP contribution in [0.2, 0.25) is 5.02 Å². The van der Waals surface area contributed by atoms with Crippen molar-refractivity contribution in [3.05, 3.63) is 53.1 Å². The maximum atomic E-state index is 12.6. The smallest absolute Gasteiger partial charge is 0.229 e. The van der Waals surface area contributed by atoms with Crippen molar-refractivity contribution in [1.29, 1.82) is 0 Å². The molecule has 2 N–H and O–H groups in total. The lowest BCUT2D eigenvalue weighted by molar-refractivity contribution is -0.122. The van der Waals surface area contributed by atoms with E-state index in [0.29, 0.717) is 22.9 Å². The van der Waals surface area contributed by atoms with Gasteiger partial charge in [0.1, 0.15) is 0 Å². The molecule has 1 aliphatic heterocycles. The van der Waals surface area contributed by atoms with E-state index in [1.54, 1.807) is 41.3 Å². The van der Waals surface area contributed by atoms with Gasteiger partial charge in [-0.05, 0) is 48.9 Å². The number of hydrogen-bond donors (Lipinski definition) is 2. The predicted molar refractivity (Wildman–Crippen MR) is 106 cm³/mol. The van der Waals surface area contributed by atoms with Gasteiger partial charge in [0.05, 0.1) is 5.92 Å². The molecule has 0 aromatic heterocycles. The highest BCUT2D eigenvalue weighted by molar-refractivity contribution is 6.31. The average molecular weight is 386 g/mol. The SMILES string of the molecule is CC(=O)Nc1ccc(NC(=O)[C@H]2CC(=O)N(c3cccc(Cl)c3C)C2)cc1. The number of halogens is 1. The second kappa shape index (κ2) is 7.80. The highest BCUT2D eigenvalue weighted by Gasteiger charge is 2.35. The van der Waals surface area contributed by atoms with Crippen molar-refractivity contribution < 1.29 is 14.4 Å². The Kier molecular flexibility index (Phi) is 5.46. The van der Waals surface area contributed by atoms with Gasteiger partial charge in [0.15, 0.2) is 0 Å². The summed E-state index contributed by atoms with van der Waals surface area (Å²) in [5.41, 5.74) is 2.82. The Hall–Kier alpha value is -2.86. The highest BCUT2D eigenvalue weighted by atomic mass is 35.5. The van der Waals surface area contributed by atoms with Gasteiger partial charge in [-0.1, -0.05) is 17.7 Å². The lowest BCUT2D eigenvalue weighted by Gasteiger charge is -2.19. The normalized spacial score (nSPS) is 16.3. The van der Waals surface area contributed by atoms with Crippen LogP contribution in [0.25, 0.3) is 0 Å². The molecule has 0 unspecified atom stereocenters. The Morgan fingerprint density at radius 1 is 1.07 bits per heavy atom. The summed E-state index contributed by atoms with van der Waals surface area (Å²) in [5, 5.41) is 6.08. The summed E-state index contributed by atoms with van der Waals surface area (Å²) in [6.45, 7) is 3.60. The van der Waals surface area contributed by atoms with E-state index in [9.17, 15) is 14.4 Å². The molecule has 2 aromatic rings. The lowest BCUT2D eigenvalue weighted by Crippen LogP contribution is -2.28. The van der Waals surface area contributed by atoms with Crippen LogP contribution in [0.1, 0.15) is 18.9 Å². The summed E-state index contributed by atoms with van der Waals surface area (Å²) in [6.07, 6.45) is 0.155. The Morgan fingerprint density at radius 3 is 2.33 bits per heavy atom. The fraction of sp³-hybridized carbons (Fsp3) is 0.250. The summed E-state index contributed by atoms with van der Waals surface area (Å²) in [4.78, 5) is 37.6. The molecule has 0 radical (unpaired) electrons. The molecule has 1 fully saturated rings. The zero-order chi connectivity index (χ0) is 19.6. The molecule has 27 heavy (non-hydrogen) atoms. The first-order chi connectivity index (χ1) is 12.8. The molecule has 140 valence electrons. The lowest BCUT2D eigenvalue weighted by atomic mass is 10.1. The minimum Gasteiger partial charge on any atom is -0.326 e. The largest absolute Gasteiger partial charge is 0.326 e. The minimum atomic E-state index is -0.439. The second-order valence-corrected chi connectivity index (χ2v) is 6.94. The first-order valence-corrected chi connectivity index (χ1v) is 8.97. The average Bonchev–Trinajstić information content (AvgIpc) is 3.00. The quantitative estimate of drug-likeness (QED) is 0.844. The Balaban J connectivity index is 1.67. The number of nitrogens with one attached hydrogen (secondary N) is 2. The third-order valence-electron chi connectivity index (χ3n) is 4.50. The van der Waals surface area contributed by atoms with E-state index in [0.717, 1.165) is 11.3 Å². The highest BCUT2D eigenvalue weighted by Crippen LogP contribution is 2.31. The summed E-state index contributed by atoms with van der Waals surface area (Å²) >= 11 is 6.15. The zero-order valence-electron chi connectivity index (χ0n) is 15.1. The van der Waals surface area contributed by atoms with E-state index in [-0.39, 0.29) is 24.1 Å². The van der Waals surface area contributed by atoms with E-state index < -0.39 is 5.92 Å². The minimum absolute atomic E-state index is 0.0958. The van der Waals surface area contributed by atoms with Crippen LogP contribution < -0.4 is 15.5 Å². The van der Waals surface area contributed by atoms with Gasteiger partial charge < -0.3 is 15.5 Å². The van der Waals surface area contributed by atoms with Crippen LogP contribution in [0.3, 0.4) is 0 Å². The number of rotatable bonds is 4. The fourth-order valence-corrected chi connectivity index (χ4v) is 3.26. The molecule has 0 saturated carbocycles. The molecular weight excluding hydrogens is 366 g/mol. The summed E-state index contributed by atoms with van der Waals surface area (Å²) < 4.78 is 0. The summed E-state index contributed by atoms with van der Waals surface area (Å²) in [6, 6.07) is 12.2. The Labute approximate surface area is 162 Å². The van der Waals surface area contributed by atoms with E-state index in [1.165, 1.54) is 6.92 Å². The second-order valence-electron chi connectivity index (χ2n) is 6.54. The number of hydrogen-bond acceptors (Lipinski definition) is 3. The molecule has 0 spiro atoms. The van der Waals surface area contributed by atoms with Gasteiger partial charge in [-0.2, -0.15) is 0 Å². The van der Waals surface area contributed by atoms with E-state index in [4.69, 9.17) is 11.6 Å². The van der Waals surface area contributed by atoms with Crippen LogP contribution >= 0.6 is 11.6 Å². The summed E-state index contributed by atoms with van der Waals surface area (Å²) in [5.74, 6) is -0.905. The van der Waals surface area contributed by atoms with Gasteiger partial charge in [-0.25, -0.2) is 0 Å². The predicted octanol–water partition coefficient (Wildman–Crippen LogP) is 3.60. The van der Waals surface area contributed by atoms with Crippen LogP contribution in [0.15, 0.2) is 42.5 Å². The van der Waals surface area contributed by atoms with Crippen LogP contribution in [0.5, 0.6) is 0 Å². The molecule has 0 aliphatic carbocycles. The van der Waals surface area contributed by atoms with E-state index in [1.807, 2.05) is 13.0 Å². The van der Waals surface area contributed by atoms with Crippen molar-refractivity contribution in [1.82, 2.24) is 0 Å². The van der Waals surface area contributed by atoms with Crippen LogP contribution in [0, 0.1) is 12.8 Å². The third kappa shape index (κ3) is 4.28. The van der Waals surface area contributed by atoms with Gasteiger partial charge in [0, 0.05) is 42.0 Å². The van der Waals surface area contributed by atoms with Gasteiger partial charge in [-0.3, -0.25) is 14.4 Å². The molecule has 1 heterocycles. The summed E-state index contributed by atoms with van der Waals surface area (Å²) in [7, 11) is 0. The number of benzene rings is 2. The van der Waals surface area contributed by atoms with Crippen molar-refractivity contribution in [3.63, 3.8) is 0 Å². The van der Waals surface area contributed by atoms with Crippen molar-refractivity contribution in [2.45, 2.75) is 20.3 Å². The third-order valence-corrected chi connectivity index (χ3v) is 4.91. The Morgan fingerprint density at radius 2 is 1.70 bits per heavy atom. The molecule has 1 atom stereocenters. The maximum Gasteiger partial charge on any atom is 0.229 e. The molecule has 1 aliphatic rings. The molecule has 7 heteroatoms. The monoisotopic (exact) mass is 385 g/mol. The Bertz CT molecular complexity index is 896.